The third-order valence-corrected chi connectivity index (χ3v) is 12.8. The molecule has 0 N–H and O–H groups in total. The molecule has 4 heteroatoms. The lowest BCUT2D eigenvalue weighted by molar-refractivity contribution is 0.645. The van der Waals surface area contributed by atoms with Crippen LogP contribution in [0.25, 0.3) is 91.9 Å². The summed E-state index contributed by atoms with van der Waals surface area (Å²) in [5, 5.41) is 8.52. The van der Waals surface area contributed by atoms with Gasteiger partial charge in [-0.15, -0.1) is 11.3 Å². The lowest BCUT2D eigenvalue weighted by Crippen LogP contribution is -2.10. The minimum absolute atomic E-state index is 0.868. The lowest BCUT2D eigenvalue weighted by Gasteiger charge is -2.26. The van der Waals surface area contributed by atoms with Crippen molar-refractivity contribution in [2.75, 3.05) is 4.90 Å². The van der Waals surface area contributed by atoms with E-state index in [4.69, 9.17) is 4.42 Å². The Kier molecular flexibility index (Phi) is 7.40. The van der Waals surface area contributed by atoms with E-state index in [-0.39, 0.29) is 0 Å². The molecule has 0 fully saturated rings. The standard InChI is InChI=1S/C54H34N2OS/c1-2-14-39(15-3-1)56-48-21-8-6-18-46(48)52-47-34-38(28-33-50(47)57-54(52)56)35-24-29-40(30-25-35)55(49-22-11-20-45-44-17-7-9-23-51(44)58-53(45)49)41-31-26-37(27-32-41)43-19-10-13-36-12-4-5-16-42(36)43/h1-34H. The number of furan rings is 1. The molecule has 0 aliphatic rings. The fourth-order valence-electron chi connectivity index (χ4n) is 8.91. The van der Waals surface area contributed by atoms with Crippen LogP contribution < -0.4 is 4.90 Å². The first-order valence-corrected chi connectivity index (χ1v) is 20.5. The van der Waals surface area contributed by atoms with Crippen molar-refractivity contribution < 1.29 is 4.42 Å². The fourth-order valence-corrected chi connectivity index (χ4v) is 10.1. The highest BCUT2D eigenvalue weighted by Crippen LogP contribution is 2.46. The zero-order chi connectivity index (χ0) is 38.2. The molecule has 3 nitrogen and oxygen atoms in total. The van der Waals surface area contributed by atoms with Crippen LogP contribution in [-0.2, 0) is 0 Å². The number of hydrogen-bond donors (Lipinski definition) is 0. The zero-order valence-corrected chi connectivity index (χ0v) is 32.2. The minimum Gasteiger partial charge on any atom is -0.439 e. The predicted octanol–water partition coefficient (Wildman–Crippen LogP) is 15.9. The number of thiophene rings is 1. The molecule has 3 heterocycles. The molecule has 0 amide bonds. The van der Waals surface area contributed by atoms with Crippen LogP contribution in [-0.4, -0.2) is 4.57 Å². The Morgan fingerprint density at radius 1 is 0.448 bits per heavy atom. The van der Waals surface area contributed by atoms with E-state index in [2.05, 4.69) is 216 Å². The first kappa shape index (κ1) is 32.8. The van der Waals surface area contributed by atoms with Crippen molar-refractivity contribution in [3.63, 3.8) is 0 Å². The van der Waals surface area contributed by atoms with Crippen molar-refractivity contribution in [3.05, 3.63) is 206 Å². The van der Waals surface area contributed by atoms with Gasteiger partial charge in [0, 0.05) is 43.3 Å². The van der Waals surface area contributed by atoms with Gasteiger partial charge in [0.2, 0.25) is 5.71 Å². The van der Waals surface area contributed by atoms with Crippen LogP contribution in [0.3, 0.4) is 0 Å². The summed E-state index contributed by atoms with van der Waals surface area (Å²) in [5.74, 6) is 0. The third-order valence-electron chi connectivity index (χ3n) is 11.6. The monoisotopic (exact) mass is 758 g/mol. The highest BCUT2D eigenvalue weighted by molar-refractivity contribution is 7.26. The Morgan fingerprint density at radius 2 is 1.09 bits per heavy atom. The number of aromatic nitrogens is 1. The smallest absolute Gasteiger partial charge is 0.213 e. The van der Waals surface area contributed by atoms with E-state index < -0.39 is 0 Å². The Bertz CT molecular complexity index is 3500. The number of para-hydroxylation sites is 2. The molecule has 12 aromatic rings. The van der Waals surface area contributed by atoms with E-state index in [0.29, 0.717) is 0 Å². The van der Waals surface area contributed by atoms with Gasteiger partial charge in [0.15, 0.2) is 0 Å². The second-order valence-electron chi connectivity index (χ2n) is 14.9. The van der Waals surface area contributed by atoms with Gasteiger partial charge in [0.05, 0.1) is 21.3 Å². The van der Waals surface area contributed by atoms with Crippen molar-refractivity contribution in [1.29, 1.82) is 0 Å². The van der Waals surface area contributed by atoms with Gasteiger partial charge >= 0.3 is 0 Å². The van der Waals surface area contributed by atoms with Crippen LogP contribution in [0, 0.1) is 0 Å². The molecule has 0 saturated heterocycles. The first-order chi connectivity index (χ1) is 28.8. The molecule has 0 atom stereocenters. The normalized spacial score (nSPS) is 11.8. The molecule has 0 unspecified atom stereocenters. The molecule has 58 heavy (non-hydrogen) atoms. The van der Waals surface area contributed by atoms with Gasteiger partial charge in [0.1, 0.15) is 5.58 Å². The van der Waals surface area contributed by atoms with Gasteiger partial charge in [-0.1, -0.05) is 140 Å². The molecule has 0 radical (unpaired) electrons. The van der Waals surface area contributed by atoms with Gasteiger partial charge in [-0.25, -0.2) is 0 Å². The topological polar surface area (TPSA) is 21.3 Å². The largest absolute Gasteiger partial charge is 0.439 e. The summed E-state index contributed by atoms with van der Waals surface area (Å²) >= 11 is 1.86. The SMILES string of the molecule is c1ccc(-n2c3ccccc3c3c4cc(-c5ccc(N(c6ccc(-c7cccc8ccccc78)cc6)c6cccc7c6sc6ccccc67)cc5)ccc4oc32)cc1. The van der Waals surface area contributed by atoms with E-state index in [1.807, 2.05) is 11.3 Å². The number of rotatable bonds is 6. The maximum atomic E-state index is 6.63. The summed E-state index contributed by atoms with van der Waals surface area (Å²) in [4.78, 5) is 2.41. The lowest BCUT2D eigenvalue weighted by atomic mass is 9.98. The molecule has 0 spiro atoms. The van der Waals surface area contributed by atoms with Crippen LogP contribution in [0.2, 0.25) is 0 Å². The van der Waals surface area contributed by atoms with E-state index >= 15 is 0 Å². The maximum Gasteiger partial charge on any atom is 0.213 e. The van der Waals surface area contributed by atoms with Gasteiger partial charge in [0.25, 0.3) is 0 Å². The number of hydrogen-bond acceptors (Lipinski definition) is 3. The summed E-state index contributed by atoms with van der Waals surface area (Å²) in [5.41, 5.74) is 12.1. The average molecular weight is 759 g/mol. The van der Waals surface area contributed by atoms with Crippen molar-refractivity contribution in [3.8, 4) is 27.9 Å². The van der Waals surface area contributed by atoms with Crippen molar-refractivity contribution in [2.45, 2.75) is 0 Å². The molecule has 272 valence electrons. The molecule has 0 bridgehead atoms. The fraction of sp³-hybridized carbons (Fsp3) is 0. The van der Waals surface area contributed by atoms with Crippen LogP contribution in [0.5, 0.6) is 0 Å². The number of fused-ring (bicyclic) bond motifs is 9. The predicted molar refractivity (Wildman–Crippen MR) is 247 cm³/mol. The molecule has 0 aliphatic heterocycles. The average Bonchev–Trinajstić information content (AvgIpc) is 3.96. The summed E-state index contributed by atoms with van der Waals surface area (Å²) < 4.78 is 11.4. The quantitative estimate of drug-likeness (QED) is 0.168. The molecule has 0 saturated carbocycles. The summed E-state index contributed by atoms with van der Waals surface area (Å²) in [6.45, 7) is 0. The Labute approximate surface area is 338 Å². The van der Waals surface area contributed by atoms with E-state index in [9.17, 15) is 0 Å². The van der Waals surface area contributed by atoms with Gasteiger partial charge in [-0.3, -0.25) is 4.57 Å². The molecule has 9 aromatic carbocycles. The number of anilines is 3. The maximum absolute atomic E-state index is 6.63. The molecule has 12 rings (SSSR count). The molecule has 0 aliphatic carbocycles. The van der Waals surface area contributed by atoms with Crippen molar-refractivity contribution in [2.24, 2.45) is 0 Å². The van der Waals surface area contributed by atoms with Gasteiger partial charge in [-0.05, 0) is 99.8 Å². The van der Waals surface area contributed by atoms with Crippen molar-refractivity contribution in [1.82, 2.24) is 4.57 Å². The Morgan fingerprint density at radius 3 is 1.91 bits per heavy atom. The molecular weight excluding hydrogens is 725 g/mol. The number of benzene rings is 9. The van der Waals surface area contributed by atoms with Crippen molar-refractivity contribution >= 4 is 92.3 Å². The molecular formula is C54H34N2OS. The highest BCUT2D eigenvalue weighted by atomic mass is 32.1. The molecule has 3 aromatic heterocycles. The van der Waals surface area contributed by atoms with E-state index in [1.54, 1.807) is 0 Å². The first-order valence-electron chi connectivity index (χ1n) is 19.7. The van der Waals surface area contributed by atoms with E-state index in [0.717, 1.165) is 55.8 Å². The summed E-state index contributed by atoms with van der Waals surface area (Å²) in [6, 6.07) is 74.3. The summed E-state index contributed by atoms with van der Waals surface area (Å²) in [6.07, 6.45) is 0. The third kappa shape index (κ3) is 5.12. The van der Waals surface area contributed by atoms with Gasteiger partial charge in [-0.2, -0.15) is 0 Å². The summed E-state index contributed by atoms with van der Waals surface area (Å²) in [7, 11) is 0. The van der Waals surface area contributed by atoms with Gasteiger partial charge < -0.3 is 9.32 Å². The van der Waals surface area contributed by atoms with E-state index in [1.165, 1.54) is 53.1 Å². The Balaban J connectivity index is 0.984. The minimum atomic E-state index is 0.868. The van der Waals surface area contributed by atoms with Crippen LogP contribution in [0.1, 0.15) is 0 Å². The zero-order valence-electron chi connectivity index (χ0n) is 31.3. The highest BCUT2D eigenvalue weighted by Gasteiger charge is 2.21. The number of nitrogens with zero attached hydrogens (tertiary/aromatic N) is 2. The Hall–Kier alpha value is -7.40. The van der Waals surface area contributed by atoms with Crippen LogP contribution in [0.15, 0.2) is 211 Å². The second-order valence-corrected chi connectivity index (χ2v) is 15.9. The van der Waals surface area contributed by atoms with Crippen LogP contribution >= 0.6 is 11.3 Å². The van der Waals surface area contributed by atoms with Crippen LogP contribution in [0.4, 0.5) is 17.1 Å². The second kappa shape index (κ2) is 13.1.